The number of carbonyl (C=O) groups is 2. The summed E-state index contributed by atoms with van der Waals surface area (Å²) in [6.45, 7) is 0. The standard InChI is InChI=1S/C10H12N2O4/c11-15-9(13)5-7-3-1-2-4-8(7)6-10(14)16-12/h1-4H,5-6,11-12H2. The summed E-state index contributed by atoms with van der Waals surface area (Å²) in [6.07, 6.45) is 0.00898. The quantitative estimate of drug-likeness (QED) is 0.674. The summed E-state index contributed by atoms with van der Waals surface area (Å²) >= 11 is 0. The summed E-state index contributed by atoms with van der Waals surface area (Å²) in [5.74, 6) is 8.32. The third-order valence-corrected chi connectivity index (χ3v) is 2.05. The molecule has 0 bridgehead atoms. The van der Waals surface area contributed by atoms with Crippen molar-refractivity contribution in [3.8, 4) is 0 Å². The van der Waals surface area contributed by atoms with Crippen LogP contribution in [0, 0.1) is 0 Å². The highest BCUT2D eigenvalue weighted by Gasteiger charge is 2.11. The van der Waals surface area contributed by atoms with Crippen LogP contribution in [0.4, 0.5) is 0 Å². The van der Waals surface area contributed by atoms with Crippen molar-refractivity contribution in [3.63, 3.8) is 0 Å². The molecule has 6 nitrogen and oxygen atoms in total. The van der Waals surface area contributed by atoms with Gasteiger partial charge in [0.1, 0.15) is 0 Å². The second-order valence-electron chi connectivity index (χ2n) is 3.10. The molecule has 0 aliphatic carbocycles. The van der Waals surface area contributed by atoms with Crippen LogP contribution in [0.3, 0.4) is 0 Å². The number of rotatable bonds is 4. The van der Waals surface area contributed by atoms with Gasteiger partial charge in [0.2, 0.25) is 0 Å². The molecule has 0 unspecified atom stereocenters. The SMILES string of the molecule is NOC(=O)Cc1ccccc1CC(=O)ON. The maximum Gasteiger partial charge on any atom is 0.328 e. The van der Waals surface area contributed by atoms with Gasteiger partial charge in [-0.3, -0.25) is 9.59 Å². The van der Waals surface area contributed by atoms with Gasteiger partial charge in [-0.05, 0) is 11.1 Å². The van der Waals surface area contributed by atoms with Gasteiger partial charge in [0.15, 0.2) is 0 Å². The van der Waals surface area contributed by atoms with Gasteiger partial charge in [0.25, 0.3) is 0 Å². The Hall–Kier alpha value is -1.92. The van der Waals surface area contributed by atoms with Gasteiger partial charge in [-0.1, -0.05) is 24.3 Å². The number of benzene rings is 1. The predicted octanol–water partition coefficient (Wildman–Crippen LogP) is -0.395. The van der Waals surface area contributed by atoms with Gasteiger partial charge < -0.3 is 9.68 Å². The van der Waals surface area contributed by atoms with Crippen molar-refractivity contribution in [2.75, 3.05) is 0 Å². The third-order valence-electron chi connectivity index (χ3n) is 2.05. The van der Waals surface area contributed by atoms with Crippen LogP contribution in [0.25, 0.3) is 0 Å². The monoisotopic (exact) mass is 224 g/mol. The first kappa shape index (κ1) is 12.2. The van der Waals surface area contributed by atoms with E-state index in [4.69, 9.17) is 11.8 Å². The summed E-state index contributed by atoms with van der Waals surface area (Å²) < 4.78 is 0. The molecule has 86 valence electrons. The zero-order chi connectivity index (χ0) is 12.0. The fraction of sp³-hybridized carbons (Fsp3) is 0.200. The van der Waals surface area contributed by atoms with Gasteiger partial charge in [0, 0.05) is 0 Å². The number of nitrogens with two attached hydrogens (primary N) is 2. The lowest BCUT2D eigenvalue weighted by Gasteiger charge is -2.06. The molecule has 16 heavy (non-hydrogen) atoms. The zero-order valence-electron chi connectivity index (χ0n) is 8.51. The topological polar surface area (TPSA) is 105 Å². The lowest BCUT2D eigenvalue weighted by Crippen LogP contribution is -2.16. The first-order valence-corrected chi connectivity index (χ1v) is 4.53. The fourth-order valence-corrected chi connectivity index (χ4v) is 1.30. The van der Waals surface area contributed by atoms with Gasteiger partial charge in [-0.15, -0.1) is 0 Å². The Kier molecular flexibility index (Phi) is 4.43. The van der Waals surface area contributed by atoms with Gasteiger partial charge in [-0.25, -0.2) is 0 Å². The molecule has 6 heteroatoms. The molecule has 0 saturated heterocycles. The van der Waals surface area contributed by atoms with Crippen LogP contribution >= 0.6 is 0 Å². The minimum Gasteiger partial charge on any atom is -0.373 e. The van der Waals surface area contributed by atoms with Crippen LogP contribution in [0.5, 0.6) is 0 Å². The molecule has 0 aromatic heterocycles. The molecule has 0 fully saturated rings. The Morgan fingerprint density at radius 1 is 0.938 bits per heavy atom. The van der Waals surface area contributed by atoms with Gasteiger partial charge >= 0.3 is 11.9 Å². The van der Waals surface area contributed by atoms with Crippen molar-refractivity contribution in [3.05, 3.63) is 35.4 Å². The average Bonchev–Trinajstić information content (AvgIpc) is 2.31. The lowest BCUT2D eigenvalue weighted by molar-refractivity contribution is -0.144. The summed E-state index contributed by atoms with van der Waals surface area (Å²) in [6, 6.07) is 6.90. The largest absolute Gasteiger partial charge is 0.373 e. The summed E-state index contributed by atoms with van der Waals surface area (Å²) in [4.78, 5) is 30.1. The van der Waals surface area contributed by atoms with E-state index in [0.717, 1.165) is 0 Å². The van der Waals surface area contributed by atoms with Crippen LogP contribution in [-0.2, 0) is 32.1 Å². The van der Waals surface area contributed by atoms with Crippen LogP contribution in [-0.4, -0.2) is 11.9 Å². The maximum atomic E-state index is 11.0. The second kappa shape index (κ2) is 5.84. The Bertz CT molecular complexity index is 355. The molecule has 0 amide bonds. The van der Waals surface area contributed by atoms with E-state index in [-0.39, 0.29) is 12.8 Å². The van der Waals surface area contributed by atoms with Crippen molar-refractivity contribution in [1.29, 1.82) is 0 Å². The smallest absolute Gasteiger partial charge is 0.328 e. The minimum absolute atomic E-state index is 0.00449. The molecule has 0 aliphatic rings. The molecule has 1 aromatic rings. The third kappa shape index (κ3) is 3.34. The number of hydrogen-bond donors (Lipinski definition) is 2. The molecule has 0 spiro atoms. The van der Waals surface area contributed by atoms with E-state index >= 15 is 0 Å². The van der Waals surface area contributed by atoms with E-state index in [1.54, 1.807) is 24.3 Å². The molecule has 4 N–H and O–H groups in total. The molecule has 1 rings (SSSR count). The molecule has 0 radical (unpaired) electrons. The van der Waals surface area contributed by atoms with E-state index in [0.29, 0.717) is 11.1 Å². The van der Waals surface area contributed by atoms with E-state index in [9.17, 15) is 9.59 Å². The average molecular weight is 224 g/mol. The molecule has 1 aromatic carbocycles. The summed E-state index contributed by atoms with van der Waals surface area (Å²) in [5, 5.41) is 0. The molecule has 0 heterocycles. The first-order valence-electron chi connectivity index (χ1n) is 4.53. The Labute approximate surface area is 92.0 Å². The van der Waals surface area contributed by atoms with Crippen molar-refractivity contribution in [1.82, 2.24) is 0 Å². The lowest BCUT2D eigenvalue weighted by atomic mass is 10.0. The normalized spacial score (nSPS) is 9.62. The van der Waals surface area contributed by atoms with Crippen LogP contribution < -0.4 is 11.8 Å². The highest BCUT2D eigenvalue weighted by atomic mass is 16.7. The maximum absolute atomic E-state index is 11.0. The van der Waals surface area contributed by atoms with E-state index in [1.807, 2.05) is 0 Å². The van der Waals surface area contributed by atoms with E-state index in [2.05, 4.69) is 9.68 Å². The highest BCUT2D eigenvalue weighted by Crippen LogP contribution is 2.11. The van der Waals surface area contributed by atoms with E-state index in [1.165, 1.54) is 0 Å². The molecule has 0 aliphatic heterocycles. The molecule has 0 saturated carbocycles. The van der Waals surface area contributed by atoms with Crippen molar-refractivity contribution < 1.29 is 19.3 Å². The van der Waals surface area contributed by atoms with Gasteiger partial charge in [-0.2, -0.15) is 11.8 Å². The Morgan fingerprint density at radius 3 is 1.62 bits per heavy atom. The molecular weight excluding hydrogens is 212 g/mol. The van der Waals surface area contributed by atoms with Crippen molar-refractivity contribution in [2.24, 2.45) is 11.8 Å². The van der Waals surface area contributed by atoms with Crippen molar-refractivity contribution in [2.45, 2.75) is 12.8 Å². The predicted molar refractivity (Wildman–Crippen MR) is 54.4 cm³/mol. The molecular formula is C10H12N2O4. The molecule has 0 atom stereocenters. The Balaban J connectivity index is 2.83. The fourth-order valence-electron chi connectivity index (χ4n) is 1.30. The first-order chi connectivity index (χ1) is 7.67. The van der Waals surface area contributed by atoms with Crippen LogP contribution in [0.15, 0.2) is 24.3 Å². The van der Waals surface area contributed by atoms with Gasteiger partial charge in [0.05, 0.1) is 12.8 Å². The van der Waals surface area contributed by atoms with Crippen LogP contribution in [0.2, 0.25) is 0 Å². The van der Waals surface area contributed by atoms with Crippen LogP contribution in [0.1, 0.15) is 11.1 Å². The highest BCUT2D eigenvalue weighted by molar-refractivity contribution is 5.76. The summed E-state index contributed by atoms with van der Waals surface area (Å²) in [7, 11) is 0. The summed E-state index contributed by atoms with van der Waals surface area (Å²) in [5.41, 5.74) is 1.31. The van der Waals surface area contributed by atoms with E-state index < -0.39 is 11.9 Å². The minimum atomic E-state index is -0.575. The Morgan fingerprint density at radius 2 is 1.31 bits per heavy atom. The number of hydrogen-bond acceptors (Lipinski definition) is 6. The van der Waals surface area contributed by atoms with Crippen molar-refractivity contribution >= 4 is 11.9 Å². The zero-order valence-corrected chi connectivity index (χ0v) is 8.51. The number of carbonyl (C=O) groups excluding carboxylic acids is 2. The second-order valence-corrected chi connectivity index (χ2v) is 3.10.